The van der Waals surface area contributed by atoms with Gasteiger partial charge in [-0.25, -0.2) is 0 Å². The molecule has 0 N–H and O–H groups in total. The van der Waals surface area contributed by atoms with E-state index in [9.17, 15) is 4.79 Å². The zero-order chi connectivity index (χ0) is 17.2. The lowest BCUT2D eigenvalue weighted by atomic mass is 10.1. The Morgan fingerprint density at radius 3 is 3.00 bits per heavy atom. The third-order valence-corrected chi connectivity index (χ3v) is 5.66. The lowest BCUT2D eigenvalue weighted by Gasteiger charge is -2.45. The first-order valence-electron chi connectivity index (χ1n) is 9.37. The molecule has 0 unspecified atom stereocenters. The summed E-state index contributed by atoms with van der Waals surface area (Å²) in [5.74, 6) is 1.24. The number of ether oxygens (including phenoxy) is 1. The molecule has 3 aliphatic rings. The number of carbonyl (C=O) groups excluding carboxylic acids is 1. The highest BCUT2D eigenvalue weighted by molar-refractivity contribution is 5.76. The van der Waals surface area contributed by atoms with E-state index in [4.69, 9.17) is 4.74 Å². The highest BCUT2D eigenvalue weighted by Gasteiger charge is 2.32. The molecule has 0 saturated carbocycles. The molecule has 25 heavy (non-hydrogen) atoms. The number of aromatic nitrogens is 2. The Morgan fingerprint density at radius 2 is 2.12 bits per heavy atom. The molecule has 0 aromatic carbocycles. The van der Waals surface area contributed by atoms with Crippen molar-refractivity contribution in [1.82, 2.24) is 20.0 Å². The van der Waals surface area contributed by atoms with Crippen molar-refractivity contribution in [3.63, 3.8) is 0 Å². The van der Waals surface area contributed by atoms with Gasteiger partial charge in [0.2, 0.25) is 5.91 Å². The molecule has 1 aromatic rings. The van der Waals surface area contributed by atoms with Gasteiger partial charge in [0.15, 0.2) is 5.82 Å². The summed E-state index contributed by atoms with van der Waals surface area (Å²) >= 11 is 0. The van der Waals surface area contributed by atoms with Gasteiger partial charge >= 0.3 is 0 Å². The van der Waals surface area contributed by atoms with Gasteiger partial charge < -0.3 is 14.5 Å². The minimum Gasteiger partial charge on any atom is -0.379 e. The maximum Gasteiger partial charge on any atom is 0.225 e. The first-order valence-corrected chi connectivity index (χ1v) is 9.37. The van der Waals surface area contributed by atoms with Gasteiger partial charge in [0.1, 0.15) is 0 Å². The van der Waals surface area contributed by atoms with E-state index >= 15 is 0 Å². The van der Waals surface area contributed by atoms with Gasteiger partial charge in [0.25, 0.3) is 0 Å². The van der Waals surface area contributed by atoms with Crippen LogP contribution in [-0.2, 0) is 22.4 Å². The number of carbonyl (C=O) groups is 1. The number of rotatable bonds is 5. The lowest BCUT2D eigenvalue weighted by molar-refractivity contribution is -0.130. The summed E-state index contributed by atoms with van der Waals surface area (Å²) in [6.07, 6.45) is 3.94. The predicted octanol–water partition coefficient (Wildman–Crippen LogP) is 0.335. The Bertz CT molecular complexity index is 632. The molecule has 7 nitrogen and oxygen atoms in total. The van der Waals surface area contributed by atoms with Crippen LogP contribution >= 0.6 is 0 Å². The van der Waals surface area contributed by atoms with E-state index in [1.165, 1.54) is 17.7 Å². The number of likely N-dealkylation sites (N-methyl/N-ethyl adjacent to an activating group) is 1. The number of amides is 1. The molecule has 0 bridgehead atoms. The summed E-state index contributed by atoms with van der Waals surface area (Å²) in [6.45, 7) is 5.60. The minimum absolute atomic E-state index is 0.217. The molecule has 136 valence electrons. The molecule has 1 amide bonds. The van der Waals surface area contributed by atoms with E-state index in [0.29, 0.717) is 32.2 Å². The summed E-state index contributed by atoms with van der Waals surface area (Å²) in [5, 5.41) is 8.78. The van der Waals surface area contributed by atoms with E-state index < -0.39 is 0 Å². The number of anilines is 1. The van der Waals surface area contributed by atoms with E-state index in [-0.39, 0.29) is 5.91 Å². The topological polar surface area (TPSA) is 61.8 Å². The zero-order valence-corrected chi connectivity index (χ0v) is 15.0. The van der Waals surface area contributed by atoms with Crippen LogP contribution < -0.4 is 4.90 Å². The Kier molecular flexibility index (Phi) is 4.85. The second-order valence-electron chi connectivity index (χ2n) is 7.31. The van der Waals surface area contributed by atoms with Gasteiger partial charge in [0.05, 0.1) is 25.3 Å². The lowest BCUT2D eigenvalue weighted by Crippen LogP contribution is -2.59. The van der Waals surface area contributed by atoms with Crippen LogP contribution in [0.3, 0.4) is 0 Å². The fraction of sp³-hybridized carbons (Fsp3) is 0.722. The van der Waals surface area contributed by atoms with Crippen LogP contribution in [0, 0.1) is 0 Å². The second-order valence-corrected chi connectivity index (χ2v) is 7.31. The van der Waals surface area contributed by atoms with E-state index in [1.54, 1.807) is 0 Å². The molecule has 3 heterocycles. The van der Waals surface area contributed by atoms with Crippen molar-refractivity contribution >= 4 is 11.7 Å². The molecule has 0 spiro atoms. The smallest absolute Gasteiger partial charge is 0.225 e. The fourth-order valence-corrected chi connectivity index (χ4v) is 3.81. The first-order chi connectivity index (χ1) is 12.2. The molecular formula is C18H27N5O2. The van der Waals surface area contributed by atoms with Crippen molar-refractivity contribution in [2.45, 2.75) is 31.7 Å². The van der Waals surface area contributed by atoms with E-state index in [0.717, 1.165) is 44.8 Å². The molecule has 4 rings (SSSR count). The molecule has 1 aromatic heterocycles. The Labute approximate surface area is 148 Å². The van der Waals surface area contributed by atoms with Gasteiger partial charge in [-0.3, -0.25) is 9.69 Å². The van der Waals surface area contributed by atoms with Crippen molar-refractivity contribution in [2.75, 3.05) is 57.9 Å². The number of nitrogens with zero attached hydrogens (tertiary/aromatic N) is 5. The van der Waals surface area contributed by atoms with Crippen molar-refractivity contribution in [3.8, 4) is 0 Å². The normalized spacial score (nSPS) is 21.4. The van der Waals surface area contributed by atoms with E-state index in [1.807, 2.05) is 4.90 Å². The molecule has 7 heteroatoms. The van der Waals surface area contributed by atoms with E-state index in [2.05, 4.69) is 33.1 Å². The van der Waals surface area contributed by atoms with Crippen LogP contribution in [0.5, 0.6) is 0 Å². The van der Waals surface area contributed by atoms with Crippen molar-refractivity contribution < 1.29 is 9.53 Å². The quantitative estimate of drug-likeness (QED) is 0.767. The monoisotopic (exact) mass is 345 g/mol. The average Bonchev–Trinajstić information content (AvgIpc) is 2.93. The van der Waals surface area contributed by atoms with Crippen LogP contribution in [0.25, 0.3) is 0 Å². The van der Waals surface area contributed by atoms with Crippen molar-refractivity contribution in [1.29, 1.82) is 0 Å². The predicted molar refractivity (Wildman–Crippen MR) is 94.7 cm³/mol. The van der Waals surface area contributed by atoms with Crippen LogP contribution in [0.1, 0.15) is 24.1 Å². The highest BCUT2D eigenvalue weighted by atomic mass is 16.5. The number of hydrogen-bond acceptors (Lipinski definition) is 6. The molecule has 2 aliphatic heterocycles. The molecule has 0 atom stereocenters. The number of hydrogen-bond donors (Lipinski definition) is 0. The Morgan fingerprint density at radius 1 is 1.24 bits per heavy atom. The van der Waals surface area contributed by atoms with Crippen LogP contribution in [0.15, 0.2) is 6.07 Å². The van der Waals surface area contributed by atoms with Gasteiger partial charge in [-0.2, -0.15) is 5.10 Å². The highest BCUT2D eigenvalue weighted by Crippen LogP contribution is 2.26. The van der Waals surface area contributed by atoms with Gasteiger partial charge in [-0.05, 0) is 37.9 Å². The summed E-state index contributed by atoms with van der Waals surface area (Å²) in [5.41, 5.74) is 2.56. The molecule has 1 aliphatic carbocycles. The Hall–Kier alpha value is -1.73. The summed E-state index contributed by atoms with van der Waals surface area (Å²) < 4.78 is 5.38. The van der Waals surface area contributed by atoms with Crippen LogP contribution in [0.2, 0.25) is 0 Å². The number of fused-ring (bicyclic) bond motifs is 1. The second kappa shape index (κ2) is 7.25. The van der Waals surface area contributed by atoms with Gasteiger partial charge in [-0.15, -0.1) is 5.10 Å². The standard InChI is InChI=1S/C18H27N5O2/c1-21(6-7-22-8-10-25-9-5-18(22)24)15-12-23(13-15)17-11-14-3-2-4-16(14)19-20-17/h11,15H,2-10,12-13H2,1H3. The first kappa shape index (κ1) is 16.7. The molecule has 0 radical (unpaired) electrons. The third kappa shape index (κ3) is 3.62. The maximum atomic E-state index is 12.0. The van der Waals surface area contributed by atoms with Crippen LogP contribution in [-0.4, -0.2) is 84.9 Å². The SMILES string of the molecule is CN(CCN1CCOCCC1=O)C1CN(c2cc3c(nn2)CCC3)C1. The summed E-state index contributed by atoms with van der Waals surface area (Å²) in [4.78, 5) is 18.6. The van der Waals surface area contributed by atoms with Gasteiger partial charge in [-0.1, -0.05) is 0 Å². The average molecular weight is 345 g/mol. The van der Waals surface area contributed by atoms with Gasteiger partial charge in [0, 0.05) is 38.8 Å². The Balaban J connectivity index is 1.25. The third-order valence-electron chi connectivity index (χ3n) is 5.66. The molecule has 2 fully saturated rings. The maximum absolute atomic E-state index is 12.0. The van der Waals surface area contributed by atoms with Crippen molar-refractivity contribution in [2.24, 2.45) is 0 Å². The molecule has 2 saturated heterocycles. The zero-order valence-electron chi connectivity index (χ0n) is 15.0. The summed E-state index contributed by atoms with van der Waals surface area (Å²) in [6, 6.07) is 2.75. The molecular weight excluding hydrogens is 318 g/mol. The van der Waals surface area contributed by atoms with Crippen molar-refractivity contribution in [3.05, 3.63) is 17.3 Å². The fourth-order valence-electron chi connectivity index (χ4n) is 3.81. The minimum atomic E-state index is 0.217. The largest absolute Gasteiger partial charge is 0.379 e. The van der Waals surface area contributed by atoms with Crippen LogP contribution in [0.4, 0.5) is 5.82 Å². The summed E-state index contributed by atoms with van der Waals surface area (Å²) in [7, 11) is 2.15. The number of aryl methyl sites for hydroxylation is 2.